The number of ether oxygens (including phenoxy) is 1. The molecule has 0 amide bonds. The minimum Gasteiger partial charge on any atom is -0.455 e. The molecule has 7 nitrogen and oxygen atoms in total. The van der Waals surface area contributed by atoms with E-state index in [-0.39, 0.29) is 18.1 Å². The van der Waals surface area contributed by atoms with Crippen LogP contribution < -0.4 is 0 Å². The predicted molar refractivity (Wildman–Crippen MR) is 118 cm³/mol. The average molecular weight is 444 g/mol. The smallest absolute Gasteiger partial charge is 0.313 e. The molecule has 0 aliphatic rings. The van der Waals surface area contributed by atoms with Crippen LogP contribution in [0.2, 0.25) is 0 Å². The minimum atomic E-state index is -0.724. The maximum absolute atomic E-state index is 13.4. The number of ketones is 1. The summed E-state index contributed by atoms with van der Waals surface area (Å²) >= 11 is 0. The van der Waals surface area contributed by atoms with Gasteiger partial charge in [0.15, 0.2) is 5.78 Å². The van der Waals surface area contributed by atoms with Crippen LogP contribution in [0.4, 0.5) is 4.39 Å². The Labute approximate surface area is 189 Å². The lowest BCUT2D eigenvalue weighted by Crippen LogP contribution is -2.21. The van der Waals surface area contributed by atoms with E-state index in [4.69, 9.17) is 4.74 Å². The van der Waals surface area contributed by atoms with E-state index >= 15 is 0 Å². The van der Waals surface area contributed by atoms with Crippen molar-refractivity contribution in [2.75, 3.05) is 0 Å². The van der Waals surface area contributed by atoms with Crippen molar-refractivity contribution in [3.8, 4) is 0 Å². The van der Waals surface area contributed by atoms with Crippen molar-refractivity contribution in [1.29, 1.82) is 0 Å². The van der Waals surface area contributed by atoms with Crippen molar-refractivity contribution >= 4 is 11.8 Å². The molecule has 0 saturated carbocycles. The molecule has 8 heteroatoms. The molecule has 0 aliphatic carbocycles. The van der Waals surface area contributed by atoms with E-state index in [1.807, 2.05) is 6.07 Å². The van der Waals surface area contributed by atoms with E-state index in [0.717, 1.165) is 0 Å². The number of tetrazole rings is 1. The van der Waals surface area contributed by atoms with Crippen LogP contribution in [0.5, 0.6) is 0 Å². The van der Waals surface area contributed by atoms with Crippen LogP contribution in [0.3, 0.4) is 0 Å². The molecule has 1 heterocycles. The maximum atomic E-state index is 13.4. The topological polar surface area (TPSA) is 87.0 Å². The normalized spacial score (nSPS) is 12.7. The number of hydrogen-bond donors (Lipinski definition) is 0. The first-order valence-corrected chi connectivity index (χ1v) is 10.4. The summed E-state index contributed by atoms with van der Waals surface area (Å²) in [6, 6.07) is 21.6. The van der Waals surface area contributed by atoms with Crippen LogP contribution in [0, 0.1) is 5.82 Å². The highest BCUT2D eigenvalue weighted by Gasteiger charge is 2.24. The van der Waals surface area contributed by atoms with E-state index in [1.54, 1.807) is 67.6 Å². The second-order valence-electron chi connectivity index (χ2n) is 7.55. The van der Waals surface area contributed by atoms with Crippen LogP contribution in [-0.2, 0) is 16.1 Å². The van der Waals surface area contributed by atoms with Crippen LogP contribution in [0.15, 0.2) is 85.2 Å². The van der Waals surface area contributed by atoms with Crippen molar-refractivity contribution < 1.29 is 18.7 Å². The van der Waals surface area contributed by atoms with Gasteiger partial charge in [0, 0.05) is 11.1 Å². The third-order valence-corrected chi connectivity index (χ3v) is 5.28. The van der Waals surface area contributed by atoms with Crippen molar-refractivity contribution in [2.45, 2.75) is 25.5 Å². The number of carbonyl (C=O) groups excluding carboxylic acids is 2. The summed E-state index contributed by atoms with van der Waals surface area (Å²) in [5, 5.41) is 11.0. The molecule has 3 aromatic carbocycles. The van der Waals surface area contributed by atoms with E-state index < -0.39 is 18.0 Å². The molecule has 2 atom stereocenters. The van der Waals surface area contributed by atoms with Gasteiger partial charge >= 0.3 is 5.97 Å². The van der Waals surface area contributed by atoms with Gasteiger partial charge in [-0.1, -0.05) is 60.7 Å². The monoisotopic (exact) mass is 444 g/mol. The van der Waals surface area contributed by atoms with E-state index in [0.29, 0.717) is 22.3 Å². The molecule has 0 spiro atoms. The highest BCUT2D eigenvalue weighted by molar-refractivity contribution is 6.09. The Bertz CT molecular complexity index is 1230. The zero-order valence-corrected chi connectivity index (χ0v) is 17.8. The number of aromatic nitrogens is 4. The Kier molecular flexibility index (Phi) is 6.64. The van der Waals surface area contributed by atoms with Gasteiger partial charge in [0.05, 0.1) is 12.5 Å². The molecule has 0 bridgehead atoms. The van der Waals surface area contributed by atoms with Gasteiger partial charge in [-0.15, -0.1) is 5.10 Å². The molecule has 1 aromatic heterocycles. The molecular formula is C25H21FN4O3. The summed E-state index contributed by atoms with van der Waals surface area (Å²) in [4.78, 5) is 25.8. The zero-order chi connectivity index (χ0) is 23.2. The lowest BCUT2D eigenvalue weighted by molar-refractivity contribution is -0.151. The molecule has 4 aromatic rings. The van der Waals surface area contributed by atoms with Gasteiger partial charge in [-0.2, -0.15) is 0 Å². The first-order valence-electron chi connectivity index (χ1n) is 10.4. The molecule has 0 radical (unpaired) electrons. The highest BCUT2D eigenvalue weighted by Crippen LogP contribution is 2.26. The number of esters is 1. The van der Waals surface area contributed by atoms with E-state index in [1.165, 1.54) is 23.1 Å². The minimum absolute atomic E-state index is 0.124. The van der Waals surface area contributed by atoms with Gasteiger partial charge < -0.3 is 4.74 Å². The van der Waals surface area contributed by atoms with Crippen LogP contribution in [0.25, 0.3) is 0 Å². The molecule has 33 heavy (non-hydrogen) atoms. The fourth-order valence-electron chi connectivity index (χ4n) is 3.41. The summed E-state index contributed by atoms with van der Waals surface area (Å²) in [7, 11) is 0. The van der Waals surface area contributed by atoms with Crippen LogP contribution >= 0.6 is 0 Å². The largest absolute Gasteiger partial charge is 0.455 e. The Morgan fingerprint density at radius 3 is 2.36 bits per heavy atom. The summed E-state index contributed by atoms with van der Waals surface area (Å²) < 4.78 is 20.6. The fourth-order valence-corrected chi connectivity index (χ4v) is 3.41. The van der Waals surface area contributed by atoms with Crippen molar-refractivity contribution in [3.05, 3.63) is 113 Å². The van der Waals surface area contributed by atoms with Gasteiger partial charge in [-0.3, -0.25) is 9.59 Å². The van der Waals surface area contributed by atoms with Gasteiger partial charge in [0.25, 0.3) is 0 Å². The van der Waals surface area contributed by atoms with E-state index in [9.17, 15) is 14.0 Å². The van der Waals surface area contributed by atoms with Crippen molar-refractivity contribution in [2.24, 2.45) is 0 Å². The lowest BCUT2D eigenvalue weighted by atomic mass is 9.95. The molecule has 0 saturated heterocycles. The molecule has 0 fully saturated rings. The molecule has 0 aliphatic heterocycles. The summed E-state index contributed by atoms with van der Waals surface area (Å²) in [5.41, 5.74) is 2.33. The van der Waals surface area contributed by atoms with Crippen molar-refractivity contribution in [3.63, 3.8) is 0 Å². The first kappa shape index (κ1) is 22.0. The quantitative estimate of drug-likeness (QED) is 0.300. The van der Waals surface area contributed by atoms with Crippen LogP contribution in [-0.4, -0.2) is 32.0 Å². The second kappa shape index (κ2) is 9.95. The van der Waals surface area contributed by atoms with E-state index in [2.05, 4.69) is 15.5 Å². The molecule has 4 rings (SSSR count). The summed E-state index contributed by atoms with van der Waals surface area (Å²) in [5.74, 6) is -1.63. The predicted octanol–water partition coefficient (Wildman–Crippen LogP) is 4.13. The fraction of sp³-hybridized carbons (Fsp3) is 0.160. The van der Waals surface area contributed by atoms with Crippen molar-refractivity contribution in [1.82, 2.24) is 20.2 Å². The highest BCUT2D eigenvalue weighted by atomic mass is 19.1. The number of rotatable bonds is 8. The Balaban J connectivity index is 1.53. The standard InChI is InChI=1S/C25H21FN4O3/c1-17(20-8-5-9-21(14-20)24(31)19-6-3-2-4-7-19)25(32)33-23(15-30-16-27-28-29-30)18-10-12-22(26)13-11-18/h2-14,16-17,23H,15H2,1H3/t17-,23?/m0/s1. The molecule has 0 N–H and O–H groups in total. The summed E-state index contributed by atoms with van der Waals surface area (Å²) in [6.07, 6.45) is 0.685. The van der Waals surface area contributed by atoms with Crippen LogP contribution in [0.1, 0.15) is 46.0 Å². The van der Waals surface area contributed by atoms with Gasteiger partial charge in [0.2, 0.25) is 0 Å². The SMILES string of the molecule is C[C@H](C(=O)OC(Cn1cnnn1)c1ccc(F)cc1)c1cccc(C(=O)c2ccccc2)c1. The molecule has 166 valence electrons. The Morgan fingerprint density at radius 2 is 1.67 bits per heavy atom. The average Bonchev–Trinajstić information content (AvgIpc) is 3.37. The Hall–Kier alpha value is -4.20. The molecule has 1 unspecified atom stereocenters. The van der Waals surface area contributed by atoms with Gasteiger partial charge in [-0.25, -0.2) is 9.07 Å². The maximum Gasteiger partial charge on any atom is 0.313 e. The lowest BCUT2D eigenvalue weighted by Gasteiger charge is -2.21. The second-order valence-corrected chi connectivity index (χ2v) is 7.55. The number of halogens is 1. The number of benzene rings is 3. The number of hydrogen-bond acceptors (Lipinski definition) is 6. The third kappa shape index (κ3) is 5.35. The molecular weight excluding hydrogens is 423 g/mol. The summed E-state index contributed by atoms with van der Waals surface area (Å²) in [6.45, 7) is 1.89. The number of nitrogens with zero attached hydrogens (tertiary/aromatic N) is 4. The van der Waals surface area contributed by atoms with Gasteiger partial charge in [0.1, 0.15) is 18.2 Å². The number of carbonyl (C=O) groups is 2. The Morgan fingerprint density at radius 1 is 0.939 bits per heavy atom. The zero-order valence-electron chi connectivity index (χ0n) is 17.8. The third-order valence-electron chi connectivity index (χ3n) is 5.28. The van der Waals surface area contributed by atoms with Gasteiger partial charge in [-0.05, 0) is 46.7 Å². The first-order chi connectivity index (χ1) is 16.0.